The molecule has 0 aliphatic carbocycles. The molecule has 0 saturated heterocycles. The van der Waals surface area contributed by atoms with E-state index in [1.54, 1.807) is 6.92 Å². The third-order valence-electron chi connectivity index (χ3n) is 1.65. The molecule has 0 spiro atoms. The second kappa shape index (κ2) is 4.56. The van der Waals surface area contributed by atoms with Crippen LogP contribution in [-0.4, -0.2) is 21.8 Å². The monoisotopic (exact) mass is 224 g/mol. The zero-order valence-corrected chi connectivity index (χ0v) is 9.20. The summed E-state index contributed by atoms with van der Waals surface area (Å²) in [6.07, 6.45) is 0. The van der Waals surface area contributed by atoms with Crippen molar-refractivity contribution in [2.24, 2.45) is 0 Å². The number of aryl methyl sites for hydroxylation is 1. The summed E-state index contributed by atoms with van der Waals surface area (Å²) in [5.74, 6) is -0.893. The summed E-state index contributed by atoms with van der Waals surface area (Å²) in [6, 6.07) is 1.29. The van der Waals surface area contributed by atoms with Crippen molar-refractivity contribution in [2.45, 2.75) is 20.8 Å². The fourth-order valence-electron chi connectivity index (χ4n) is 1.11. The van der Waals surface area contributed by atoms with Gasteiger partial charge in [0.1, 0.15) is 0 Å². The SMILES string of the molecule is CC(=O)NN(C(C)=O)c1nc(C)cc(=O)[nH]1. The maximum Gasteiger partial charge on any atom is 0.252 e. The number of nitrogens with zero attached hydrogens (tertiary/aromatic N) is 2. The first kappa shape index (κ1) is 11.9. The summed E-state index contributed by atoms with van der Waals surface area (Å²) >= 11 is 0. The molecule has 86 valence electrons. The van der Waals surface area contributed by atoms with Crippen LogP contribution < -0.4 is 16.0 Å². The maximum atomic E-state index is 11.3. The van der Waals surface area contributed by atoms with E-state index < -0.39 is 11.8 Å². The summed E-state index contributed by atoms with van der Waals surface area (Å²) in [5, 5.41) is 0.886. The zero-order chi connectivity index (χ0) is 12.3. The number of carbonyl (C=O) groups excluding carboxylic acids is 2. The van der Waals surface area contributed by atoms with Crippen molar-refractivity contribution < 1.29 is 9.59 Å². The van der Waals surface area contributed by atoms with Gasteiger partial charge in [-0.2, -0.15) is 5.01 Å². The van der Waals surface area contributed by atoms with Gasteiger partial charge in [0.15, 0.2) is 0 Å². The number of anilines is 1. The summed E-state index contributed by atoms with van der Waals surface area (Å²) in [6.45, 7) is 4.12. The van der Waals surface area contributed by atoms with Gasteiger partial charge in [-0.3, -0.25) is 24.8 Å². The van der Waals surface area contributed by atoms with Gasteiger partial charge in [0.05, 0.1) is 0 Å². The van der Waals surface area contributed by atoms with Crippen LogP contribution in [0.15, 0.2) is 10.9 Å². The van der Waals surface area contributed by atoms with E-state index >= 15 is 0 Å². The van der Waals surface area contributed by atoms with Crippen LogP contribution in [-0.2, 0) is 9.59 Å². The lowest BCUT2D eigenvalue weighted by Crippen LogP contribution is -2.46. The van der Waals surface area contributed by atoms with Crippen molar-refractivity contribution in [1.29, 1.82) is 0 Å². The number of nitrogens with one attached hydrogen (secondary N) is 2. The lowest BCUT2D eigenvalue weighted by atomic mass is 10.4. The van der Waals surface area contributed by atoms with Crippen LogP contribution in [0.3, 0.4) is 0 Å². The molecule has 0 atom stereocenters. The molecule has 16 heavy (non-hydrogen) atoms. The minimum Gasteiger partial charge on any atom is -0.291 e. The molecule has 7 nitrogen and oxygen atoms in total. The molecule has 0 radical (unpaired) electrons. The summed E-state index contributed by atoms with van der Waals surface area (Å²) in [7, 11) is 0. The van der Waals surface area contributed by atoms with Gasteiger partial charge in [0.25, 0.3) is 5.56 Å². The van der Waals surface area contributed by atoms with Gasteiger partial charge in [-0.25, -0.2) is 4.98 Å². The topological polar surface area (TPSA) is 95.2 Å². The molecule has 1 heterocycles. The van der Waals surface area contributed by atoms with E-state index in [0.717, 1.165) is 5.01 Å². The van der Waals surface area contributed by atoms with Crippen LogP contribution in [0.5, 0.6) is 0 Å². The highest BCUT2D eigenvalue weighted by Gasteiger charge is 2.15. The first-order valence-electron chi connectivity index (χ1n) is 4.56. The van der Waals surface area contributed by atoms with Gasteiger partial charge in [-0.05, 0) is 6.92 Å². The van der Waals surface area contributed by atoms with E-state index in [0.29, 0.717) is 5.69 Å². The average Bonchev–Trinajstić information content (AvgIpc) is 2.11. The van der Waals surface area contributed by atoms with Gasteiger partial charge < -0.3 is 0 Å². The first-order valence-corrected chi connectivity index (χ1v) is 4.56. The van der Waals surface area contributed by atoms with Gasteiger partial charge >= 0.3 is 0 Å². The number of carbonyl (C=O) groups is 2. The van der Waals surface area contributed by atoms with Crippen LogP contribution in [0.4, 0.5) is 5.95 Å². The Kier molecular flexibility index (Phi) is 3.39. The van der Waals surface area contributed by atoms with Crippen LogP contribution in [0, 0.1) is 6.92 Å². The van der Waals surface area contributed by atoms with Crippen LogP contribution in [0.2, 0.25) is 0 Å². The Labute approximate surface area is 91.5 Å². The molecular formula is C9H12N4O3. The molecule has 0 aliphatic heterocycles. The number of hydrogen-bond donors (Lipinski definition) is 2. The van der Waals surface area contributed by atoms with Crippen molar-refractivity contribution in [3.8, 4) is 0 Å². The van der Waals surface area contributed by atoms with Gasteiger partial charge in [-0.15, -0.1) is 0 Å². The molecule has 0 unspecified atom stereocenters. The number of hydrazine groups is 1. The zero-order valence-electron chi connectivity index (χ0n) is 9.20. The molecule has 1 aromatic rings. The Morgan fingerprint density at radius 2 is 2.06 bits per heavy atom. The number of aromatic nitrogens is 2. The first-order chi connectivity index (χ1) is 7.40. The largest absolute Gasteiger partial charge is 0.291 e. The van der Waals surface area contributed by atoms with Crippen molar-refractivity contribution in [2.75, 3.05) is 5.01 Å². The standard InChI is InChI=1S/C9H12N4O3/c1-5-4-8(16)11-9(10-5)13(7(3)15)12-6(2)14/h4H,1-3H3,(H,12,14)(H,10,11,16). The molecule has 0 bridgehead atoms. The van der Waals surface area contributed by atoms with E-state index in [1.807, 2.05) is 0 Å². The second-order valence-electron chi connectivity index (χ2n) is 3.23. The normalized spacial score (nSPS) is 9.69. The molecule has 2 N–H and O–H groups in total. The van der Waals surface area contributed by atoms with E-state index in [1.165, 1.54) is 19.9 Å². The number of aromatic amines is 1. The van der Waals surface area contributed by atoms with E-state index in [9.17, 15) is 14.4 Å². The Hall–Kier alpha value is -2.18. The molecule has 0 fully saturated rings. The third-order valence-corrected chi connectivity index (χ3v) is 1.65. The van der Waals surface area contributed by atoms with Crippen LogP contribution in [0.1, 0.15) is 19.5 Å². The lowest BCUT2D eigenvalue weighted by molar-refractivity contribution is -0.124. The number of hydrogen-bond acceptors (Lipinski definition) is 4. The number of rotatable bonds is 1. The molecule has 2 amide bonds. The van der Waals surface area contributed by atoms with Crippen molar-refractivity contribution in [1.82, 2.24) is 15.4 Å². The van der Waals surface area contributed by atoms with E-state index in [2.05, 4.69) is 15.4 Å². The van der Waals surface area contributed by atoms with Crippen molar-refractivity contribution in [3.05, 3.63) is 22.1 Å². The molecule has 0 saturated carbocycles. The van der Waals surface area contributed by atoms with E-state index in [4.69, 9.17) is 0 Å². The van der Waals surface area contributed by atoms with Crippen molar-refractivity contribution in [3.63, 3.8) is 0 Å². The van der Waals surface area contributed by atoms with Crippen LogP contribution >= 0.6 is 0 Å². The lowest BCUT2D eigenvalue weighted by Gasteiger charge is -2.18. The molecular weight excluding hydrogens is 212 g/mol. The second-order valence-corrected chi connectivity index (χ2v) is 3.23. The summed E-state index contributed by atoms with van der Waals surface area (Å²) < 4.78 is 0. The minimum atomic E-state index is -0.455. The van der Waals surface area contributed by atoms with Gasteiger partial charge in [0.2, 0.25) is 17.8 Å². The molecule has 0 aliphatic rings. The van der Waals surface area contributed by atoms with Gasteiger partial charge in [0, 0.05) is 25.6 Å². The quantitative estimate of drug-likeness (QED) is 0.627. The minimum absolute atomic E-state index is 0.00676. The fourth-order valence-corrected chi connectivity index (χ4v) is 1.11. The Morgan fingerprint density at radius 1 is 1.44 bits per heavy atom. The van der Waals surface area contributed by atoms with Crippen LogP contribution in [0.25, 0.3) is 0 Å². The van der Waals surface area contributed by atoms with Gasteiger partial charge in [-0.1, -0.05) is 0 Å². The predicted octanol–water partition coefficient (Wildman–Crippen LogP) is -0.518. The summed E-state index contributed by atoms with van der Waals surface area (Å²) in [5.41, 5.74) is 2.33. The number of H-pyrrole nitrogens is 1. The Bertz CT molecular complexity index is 480. The maximum absolute atomic E-state index is 11.3. The highest BCUT2D eigenvalue weighted by molar-refractivity contribution is 5.92. The highest BCUT2D eigenvalue weighted by atomic mass is 16.2. The average molecular weight is 224 g/mol. The molecule has 1 rings (SSSR count). The van der Waals surface area contributed by atoms with E-state index in [-0.39, 0.29) is 11.5 Å². The number of amides is 2. The molecule has 0 aromatic carbocycles. The Balaban J connectivity index is 3.15. The highest BCUT2D eigenvalue weighted by Crippen LogP contribution is 2.02. The fraction of sp³-hybridized carbons (Fsp3) is 0.333. The molecule has 7 heteroatoms. The third kappa shape index (κ3) is 2.91. The smallest absolute Gasteiger partial charge is 0.252 e. The summed E-state index contributed by atoms with van der Waals surface area (Å²) in [4.78, 5) is 39.6. The Morgan fingerprint density at radius 3 is 2.50 bits per heavy atom. The predicted molar refractivity (Wildman–Crippen MR) is 56.6 cm³/mol. The van der Waals surface area contributed by atoms with Crippen molar-refractivity contribution >= 4 is 17.8 Å². The molecule has 1 aromatic heterocycles.